The predicted molar refractivity (Wildman–Crippen MR) is 64.4 cm³/mol. The lowest BCUT2D eigenvalue weighted by molar-refractivity contribution is -0.136. The van der Waals surface area contributed by atoms with Crippen LogP contribution in [0.15, 0.2) is 12.1 Å². The second kappa shape index (κ2) is 5.64. The number of esters is 1. The number of ether oxygens (including phenoxy) is 1. The Morgan fingerprint density at radius 3 is 2.50 bits per heavy atom. The number of hydrogen-bond donors (Lipinski definition) is 1. The molecule has 0 aliphatic rings. The first-order valence-electron chi connectivity index (χ1n) is 4.48. The van der Waals surface area contributed by atoms with Crippen LogP contribution in [0.1, 0.15) is 12.5 Å². The highest BCUT2D eigenvalue weighted by Crippen LogP contribution is 2.28. The Balaban J connectivity index is 2.94. The van der Waals surface area contributed by atoms with E-state index in [9.17, 15) is 4.79 Å². The molecule has 2 N–H and O–H groups in total. The Kier molecular flexibility index (Phi) is 4.48. The van der Waals surface area contributed by atoms with E-state index in [4.69, 9.17) is 28.9 Å². The summed E-state index contributed by atoms with van der Waals surface area (Å²) in [6, 6.07) is 3.07. The second-order valence-corrected chi connectivity index (χ2v) is 3.64. The van der Waals surface area contributed by atoms with Crippen molar-refractivity contribution in [1.29, 1.82) is 0 Å². The minimum absolute atomic E-state index is 0.288. The smallest absolute Gasteiger partial charge is 0.384 e. The molecule has 0 radical (unpaired) electrons. The number of halogens is 2. The van der Waals surface area contributed by atoms with Gasteiger partial charge in [-0.2, -0.15) is 0 Å². The van der Waals surface area contributed by atoms with Crippen molar-refractivity contribution in [2.45, 2.75) is 6.92 Å². The van der Waals surface area contributed by atoms with Gasteiger partial charge in [-0.15, -0.1) is 0 Å². The maximum absolute atomic E-state index is 11.0. The van der Waals surface area contributed by atoms with Gasteiger partial charge >= 0.3 is 5.97 Å². The molecule has 0 bridgehead atoms. The number of nitrogen functional groups attached to an aromatic ring is 1. The zero-order valence-electron chi connectivity index (χ0n) is 8.51. The van der Waals surface area contributed by atoms with Gasteiger partial charge in [0.15, 0.2) is 0 Å². The van der Waals surface area contributed by atoms with E-state index >= 15 is 0 Å². The van der Waals surface area contributed by atoms with Gasteiger partial charge in [-0.3, -0.25) is 0 Å². The number of rotatable bonds is 1. The van der Waals surface area contributed by atoms with Crippen LogP contribution >= 0.6 is 23.2 Å². The third-order valence-corrected chi connectivity index (χ3v) is 2.29. The van der Waals surface area contributed by atoms with Crippen LogP contribution in [-0.2, 0) is 9.53 Å². The summed E-state index contributed by atoms with van der Waals surface area (Å²) in [6.07, 6.45) is 0. The molecule has 3 nitrogen and oxygen atoms in total. The summed E-state index contributed by atoms with van der Waals surface area (Å²) < 4.78 is 4.64. The monoisotopic (exact) mass is 257 g/mol. The van der Waals surface area contributed by atoms with Crippen LogP contribution in [0.5, 0.6) is 0 Å². The SMILES string of the molecule is CCOC(=O)C#Cc1cc(Cl)c(N)c(Cl)c1. The van der Waals surface area contributed by atoms with Crippen molar-refractivity contribution >= 4 is 34.9 Å². The molecule has 0 aliphatic carbocycles. The van der Waals surface area contributed by atoms with Gasteiger partial charge in [0.1, 0.15) is 0 Å². The highest BCUT2D eigenvalue weighted by atomic mass is 35.5. The molecule has 0 heterocycles. The Labute approximate surface area is 103 Å². The van der Waals surface area contributed by atoms with Crippen molar-refractivity contribution in [1.82, 2.24) is 0 Å². The summed E-state index contributed by atoms with van der Waals surface area (Å²) in [7, 11) is 0. The summed E-state index contributed by atoms with van der Waals surface area (Å²) >= 11 is 11.6. The molecule has 16 heavy (non-hydrogen) atoms. The molecule has 1 rings (SSSR count). The average Bonchev–Trinajstić information content (AvgIpc) is 2.23. The normalized spacial score (nSPS) is 9.19. The van der Waals surface area contributed by atoms with E-state index < -0.39 is 5.97 Å². The highest BCUT2D eigenvalue weighted by Gasteiger charge is 2.03. The van der Waals surface area contributed by atoms with Gasteiger partial charge in [-0.25, -0.2) is 4.79 Å². The quantitative estimate of drug-likeness (QED) is 0.478. The molecular formula is C11H9Cl2NO2. The number of benzene rings is 1. The summed E-state index contributed by atoms with van der Waals surface area (Å²) in [4.78, 5) is 11.0. The molecule has 0 atom stereocenters. The van der Waals surface area contributed by atoms with Crippen molar-refractivity contribution in [3.8, 4) is 11.8 Å². The minimum atomic E-state index is -0.591. The molecule has 0 unspecified atom stereocenters. The third kappa shape index (κ3) is 3.34. The fraction of sp³-hybridized carbons (Fsp3) is 0.182. The van der Waals surface area contributed by atoms with Gasteiger partial charge in [0.2, 0.25) is 0 Å². The highest BCUT2D eigenvalue weighted by molar-refractivity contribution is 6.39. The Morgan fingerprint density at radius 1 is 1.44 bits per heavy atom. The Bertz CT molecular complexity index is 452. The molecule has 0 amide bonds. The van der Waals surface area contributed by atoms with Crippen LogP contribution in [0.3, 0.4) is 0 Å². The lowest BCUT2D eigenvalue weighted by Crippen LogP contribution is -1.99. The van der Waals surface area contributed by atoms with Gasteiger partial charge in [-0.1, -0.05) is 29.1 Å². The van der Waals surface area contributed by atoms with Crippen LogP contribution in [0.4, 0.5) is 5.69 Å². The first-order valence-corrected chi connectivity index (χ1v) is 5.23. The van der Waals surface area contributed by atoms with Crippen LogP contribution in [0, 0.1) is 11.8 Å². The topological polar surface area (TPSA) is 52.3 Å². The number of anilines is 1. The van der Waals surface area contributed by atoms with Gasteiger partial charge in [0.05, 0.1) is 22.3 Å². The van der Waals surface area contributed by atoms with Crippen LogP contribution in [0.25, 0.3) is 0 Å². The van der Waals surface area contributed by atoms with Crippen LogP contribution in [-0.4, -0.2) is 12.6 Å². The summed E-state index contributed by atoms with van der Waals surface area (Å²) in [5, 5.41) is 0.612. The largest absolute Gasteiger partial charge is 0.456 e. The minimum Gasteiger partial charge on any atom is -0.456 e. The molecular weight excluding hydrogens is 249 g/mol. The average molecular weight is 258 g/mol. The molecule has 1 aromatic carbocycles. The zero-order chi connectivity index (χ0) is 12.1. The van der Waals surface area contributed by atoms with Crippen molar-refractivity contribution in [3.05, 3.63) is 27.7 Å². The van der Waals surface area contributed by atoms with E-state index in [1.807, 2.05) is 0 Å². The van der Waals surface area contributed by atoms with E-state index in [0.29, 0.717) is 21.3 Å². The standard InChI is InChI=1S/C11H9Cl2NO2/c1-2-16-10(15)4-3-7-5-8(12)11(14)9(13)6-7/h5-6H,2,14H2,1H3. The van der Waals surface area contributed by atoms with Crippen molar-refractivity contribution < 1.29 is 9.53 Å². The fourth-order valence-electron chi connectivity index (χ4n) is 0.947. The van der Waals surface area contributed by atoms with Gasteiger partial charge in [-0.05, 0) is 19.1 Å². The van der Waals surface area contributed by atoms with Crippen LogP contribution < -0.4 is 5.73 Å². The molecule has 0 aliphatic heterocycles. The summed E-state index contributed by atoms with van der Waals surface area (Å²) in [5.74, 6) is 4.30. The van der Waals surface area contributed by atoms with Gasteiger partial charge in [0.25, 0.3) is 0 Å². The maximum atomic E-state index is 11.0. The van der Waals surface area contributed by atoms with Crippen molar-refractivity contribution in [2.24, 2.45) is 0 Å². The van der Waals surface area contributed by atoms with Crippen molar-refractivity contribution in [2.75, 3.05) is 12.3 Å². The molecule has 0 saturated carbocycles. The zero-order valence-corrected chi connectivity index (χ0v) is 10.0. The number of nitrogens with two attached hydrogens (primary N) is 1. The molecule has 5 heteroatoms. The van der Waals surface area contributed by atoms with E-state index in [-0.39, 0.29) is 6.61 Å². The molecule has 0 saturated heterocycles. The Morgan fingerprint density at radius 2 is 2.00 bits per heavy atom. The lowest BCUT2D eigenvalue weighted by atomic mass is 10.2. The van der Waals surface area contributed by atoms with Crippen molar-refractivity contribution in [3.63, 3.8) is 0 Å². The van der Waals surface area contributed by atoms with Crippen LogP contribution in [0.2, 0.25) is 10.0 Å². The van der Waals surface area contributed by atoms with E-state index in [1.54, 1.807) is 6.92 Å². The number of hydrogen-bond acceptors (Lipinski definition) is 3. The maximum Gasteiger partial charge on any atom is 0.384 e. The molecule has 0 aromatic heterocycles. The first-order chi connectivity index (χ1) is 7.54. The first kappa shape index (κ1) is 12.7. The van der Waals surface area contributed by atoms with E-state index in [0.717, 1.165) is 0 Å². The number of carbonyl (C=O) groups excluding carboxylic acids is 1. The molecule has 0 fully saturated rings. The molecule has 1 aromatic rings. The predicted octanol–water partition coefficient (Wildman–Crippen LogP) is 2.49. The van der Waals surface area contributed by atoms with Gasteiger partial charge < -0.3 is 10.5 Å². The second-order valence-electron chi connectivity index (χ2n) is 2.82. The molecule has 0 spiro atoms. The fourth-order valence-corrected chi connectivity index (χ4v) is 1.43. The lowest BCUT2D eigenvalue weighted by Gasteiger charge is -2.01. The van der Waals surface area contributed by atoms with E-state index in [2.05, 4.69) is 16.6 Å². The third-order valence-electron chi connectivity index (χ3n) is 1.66. The summed E-state index contributed by atoms with van der Waals surface area (Å²) in [6.45, 7) is 1.99. The van der Waals surface area contributed by atoms with E-state index in [1.165, 1.54) is 12.1 Å². The van der Waals surface area contributed by atoms with Gasteiger partial charge in [0, 0.05) is 11.5 Å². The molecule has 84 valence electrons. The Hall–Kier alpha value is -1.37. The summed E-state index contributed by atoms with van der Waals surface area (Å²) in [5.41, 5.74) is 6.36. The number of carbonyl (C=O) groups is 1.